The Morgan fingerprint density at radius 3 is 2.45 bits per heavy atom. The molecule has 104 valence electrons. The summed E-state index contributed by atoms with van der Waals surface area (Å²) in [6.07, 6.45) is 0. The highest BCUT2D eigenvalue weighted by molar-refractivity contribution is 14.1. The lowest BCUT2D eigenvalue weighted by Gasteiger charge is -2.17. The second-order valence-electron chi connectivity index (χ2n) is 4.45. The molecule has 0 bridgehead atoms. The van der Waals surface area contributed by atoms with E-state index in [2.05, 4.69) is 22.6 Å². The normalized spacial score (nSPS) is 10.1. The Morgan fingerprint density at radius 1 is 1.10 bits per heavy atom. The lowest BCUT2D eigenvalue weighted by molar-refractivity contribution is -0.132. The first-order valence-electron chi connectivity index (χ1n) is 6.32. The van der Waals surface area contributed by atoms with Crippen LogP contribution in [0.5, 0.6) is 5.75 Å². The summed E-state index contributed by atoms with van der Waals surface area (Å²) >= 11 is 2.19. The van der Waals surface area contributed by atoms with E-state index in [4.69, 9.17) is 4.74 Å². The summed E-state index contributed by atoms with van der Waals surface area (Å²) in [5.41, 5.74) is 1.11. The molecule has 2 rings (SSSR count). The average molecular weight is 381 g/mol. The van der Waals surface area contributed by atoms with Crippen LogP contribution in [0.1, 0.15) is 5.56 Å². The molecule has 0 unspecified atom stereocenters. The summed E-state index contributed by atoms with van der Waals surface area (Å²) < 4.78 is 6.56. The molecule has 0 aliphatic heterocycles. The highest BCUT2D eigenvalue weighted by atomic mass is 127. The fourth-order valence-electron chi connectivity index (χ4n) is 1.76. The molecule has 0 fully saturated rings. The minimum atomic E-state index is -0.0338. The highest BCUT2D eigenvalue weighted by Gasteiger charge is 2.10. The summed E-state index contributed by atoms with van der Waals surface area (Å²) in [5.74, 6) is 0.711. The lowest BCUT2D eigenvalue weighted by Crippen LogP contribution is -2.31. The maximum absolute atomic E-state index is 12.0. The summed E-state index contributed by atoms with van der Waals surface area (Å²) in [5, 5.41) is 0. The van der Waals surface area contributed by atoms with Gasteiger partial charge in [0.25, 0.3) is 5.91 Å². The number of amides is 1. The Morgan fingerprint density at radius 2 is 1.75 bits per heavy atom. The maximum atomic E-state index is 12.0. The van der Waals surface area contributed by atoms with Gasteiger partial charge >= 0.3 is 0 Å². The molecule has 0 aliphatic rings. The number of carbonyl (C=O) groups is 1. The van der Waals surface area contributed by atoms with Crippen molar-refractivity contribution in [1.82, 2.24) is 4.90 Å². The monoisotopic (exact) mass is 381 g/mol. The third-order valence-corrected chi connectivity index (χ3v) is 3.77. The van der Waals surface area contributed by atoms with Gasteiger partial charge in [0, 0.05) is 13.6 Å². The number of likely N-dealkylation sites (N-methyl/N-ethyl adjacent to an activating group) is 1. The van der Waals surface area contributed by atoms with E-state index in [0.717, 1.165) is 14.9 Å². The molecular formula is C16H16INO2. The van der Waals surface area contributed by atoms with Crippen molar-refractivity contribution in [3.05, 3.63) is 63.7 Å². The molecule has 0 saturated heterocycles. The van der Waals surface area contributed by atoms with Gasteiger partial charge in [0.2, 0.25) is 0 Å². The van der Waals surface area contributed by atoms with Crippen LogP contribution in [0.15, 0.2) is 54.6 Å². The Kier molecular flexibility index (Phi) is 5.40. The summed E-state index contributed by atoms with van der Waals surface area (Å²) in [7, 11) is 1.79. The van der Waals surface area contributed by atoms with Gasteiger partial charge in [0.1, 0.15) is 5.75 Å². The van der Waals surface area contributed by atoms with Crippen molar-refractivity contribution in [2.24, 2.45) is 0 Å². The molecule has 0 radical (unpaired) electrons. The third-order valence-electron chi connectivity index (χ3n) is 2.88. The van der Waals surface area contributed by atoms with Gasteiger partial charge in [0.05, 0.1) is 3.57 Å². The number of hydrogen-bond donors (Lipinski definition) is 0. The summed E-state index contributed by atoms with van der Waals surface area (Å²) in [6.45, 7) is 0.651. The number of ether oxygens (including phenoxy) is 1. The molecule has 2 aromatic rings. The molecule has 4 heteroatoms. The molecule has 2 aromatic carbocycles. The van der Waals surface area contributed by atoms with Gasteiger partial charge in [-0.3, -0.25) is 4.79 Å². The van der Waals surface area contributed by atoms with Gasteiger partial charge in [-0.25, -0.2) is 0 Å². The van der Waals surface area contributed by atoms with Crippen LogP contribution in [0.2, 0.25) is 0 Å². The fourth-order valence-corrected chi connectivity index (χ4v) is 2.30. The van der Waals surface area contributed by atoms with Crippen molar-refractivity contribution < 1.29 is 9.53 Å². The first-order chi connectivity index (χ1) is 9.66. The number of rotatable bonds is 5. The predicted molar refractivity (Wildman–Crippen MR) is 87.6 cm³/mol. The van der Waals surface area contributed by atoms with Crippen LogP contribution in [0, 0.1) is 3.57 Å². The Bertz CT molecular complexity index is 572. The molecule has 0 aromatic heterocycles. The predicted octanol–water partition coefficient (Wildman–Crippen LogP) is 3.33. The maximum Gasteiger partial charge on any atom is 0.260 e. The van der Waals surface area contributed by atoms with Crippen molar-refractivity contribution in [2.75, 3.05) is 13.7 Å². The number of carbonyl (C=O) groups excluding carboxylic acids is 1. The van der Waals surface area contributed by atoms with Crippen molar-refractivity contribution in [3.8, 4) is 5.75 Å². The zero-order valence-corrected chi connectivity index (χ0v) is 13.4. The fraction of sp³-hybridized carbons (Fsp3) is 0.188. The first kappa shape index (κ1) is 14.8. The minimum absolute atomic E-state index is 0.0338. The van der Waals surface area contributed by atoms with Crippen LogP contribution in [0.25, 0.3) is 0 Å². The zero-order chi connectivity index (χ0) is 14.4. The topological polar surface area (TPSA) is 29.5 Å². The van der Waals surface area contributed by atoms with E-state index in [-0.39, 0.29) is 12.5 Å². The van der Waals surface area contributed by atoms with Crippen molar-refractivity contribution in [3.63, 3.8) is 0 Å². The molecule has 0 saturated carbocycles. The van der Waals surface area contributed by atoms with Gasteiger partial charge in [0.15, 0.2) is 6.61 Å². The Balaban J connectivity index is 1.87. The molecule has 0 heterocycles. The number of hydrogen-bond acceptors (Lipinski definition) is 2. The SMILES string of the molecule is CN(Cc1ccccc1)C(=O)COc1ccccc1I. The van der Waals surface area contributed by atoms with Crippen LogP contribution in [-0.4, -0.2) is 24.5 Å². The van der Waals surface area contributed by atoms with E-state index >= 15 is 0 Å². The smallest absolute Gasteiger partial charge is 0.260 e. The molecule has 1 amide bonds. The molecule has 0 aliphatic carbocycles. The molecule has 3 nitrogen and oxygen atoms in total. The van der Waals surface area contributed by atoms with Crippen molar-refractivity contribution >= 4 is 28.5 Å². The van der Waals surface area contributed by atoms with E-state index in [1.54, 1.807) is 11.9 Å². The minimum Gasteiger partial charge on any atom is -0.483 e. The second kappa shape index (κ2) is 7.28. The van der Waals surface area contributed by atoms with Crippen LogP contribution >= 0.6 is 22.6 Å². The number of nitrogens with zero attached hydrogens (tertiary/aromatic N) is 1. The number of halogens is 1. The lowest BCUT2D eigenvalue weighted by atomic mass is 10.2. The standard InChI is InChI=1S/C16H16INO2/c1-18(11-13-7-3-2-4-8-13)16(19)12-20-15-10-6-5-9-14(15)17/h2-10H,11-12H2,1H3. The molecule has 0 spiro atoms. The second-order valence-corrected chi connectivity index (χ2v) is 5.62. The van der Waals surface area contributed by atoms with Crippen molar-refractivity contribution in [1.29, 1.82) is 0 Å². The summed E-state index contributed by atoms with van der Waals surface area (Å²) in [4.78, 5) is 13.7. The van der Waals surface area contributed by atoms with E-state index in [1.807, 2.05) is 54.6 Å². The van der Waals surface area contributed by atoms with Gasteiger partial charge in [-0.1, -0.05) is 42.5 Å². The van der Waals surface area contributed by atoms with E-state index in [0.29, 0.717) is 6.54 Å². The van der Waals surface area contributed by atoms with Crippen molar-refractivity contribution in [2.45, 2.75) is 6.54 Å². The van der Waals surface area contributed by atoms with Gasteiger partial charge < -0.3 is 9.64 Å². The zero-order valence-electron chi connectivity index (χ0n) is 11.3. The Labute approximate surface area is 132 Å². The quantitative estimate of drug-likeness (QED) is 0.744. The van der Waals surface area contributed by atoms with Gasteiger partial charge in [-0.2, -0.15) is 0 Å². The van der Waals surface area contributed by atoms with Crippen LogP contribution in [0.4, 0.5) is 0 Å². The number of para-hydroxylation sites is 1. The van der Waals surface area contributed by atoms with E-state index in [1.165, 1.54) is 0 Å². The Hall–Kier alpha value is -1.56. The first-order valence-corrected chi connectivity index (χ1v) is 7.40. The molecular weight excluding hydrogens is 365 g/mol. The van der Waals surface area contributed by atoms with Gasteiger partial charge in [-0.05, 0) is 40.3 Å². The van der Waals surface area contributed by atoms with Crippen LogP contribution < -0.4 is 4.74 Å². The summed E-state index contributed by atoms with van der Waals surface area (Å²) in [6, 6.07) is 17.6. The van der Waals surface area contributed by atoms with Crippen LogP contribution in [-0.2, 0) is 11.3 Å². The average Bonchev–Trinajstić information content (AvgIpc) is 2.47. The largest absolute Gasteiger partial charge is 0.483 e. The van der Waals surface area contributed by atoms with Crippen LogP contribution in [0.3, 0.4) is 0 Å². The van der Waals surface area contributed by atoms with E-state index < -0.39 is 0 Å². The highest BCUT2D eigenvalue weighted by Crippen LogP contribution is 2.19. The molecule has 0 atom stereocenters. The third kappa shape index (κ3) is 4.23. The van der Waals surface area contributed by atoms with E-state index in [9.17, 15) is 4.79 Å². The van der Waals surface area contributed by atoms with Gasteiger partial charge in [-0.15, -0.1) is 0 Å². The molecule has 20 heavy (non-hydrogen) atoms. The molecule has 0 N–H and O–H groups in total. The number of benzene rings is 2.